The van der Waals surface area contributed by atoms with Gasteiger partial charge >= 0.3 is 0 Å². The summed E-state index contributed by atoms with van der Waals surface area (Å²) in [4.78, 5) is 5.66. The third kappa shape index (κ3) is 3.00. The van der Waals surface area contributed by atoms with Gasteiger partial charge in [0, 0.05) is 11.5 Å². The Morgan fingerprint density at radius 1 is 1.31 bits per heavy atom. The van der Waals surface area contributed by atoms with Crippen LogP contribution in [0.1, 0.15) is 37.9 Å². The third-order valence-electron chi connectivity index (χ3n) is 2.48. The van der Waals surface area contributed by atoms with Crippen LogP contribution in [0.15, 0.2) is 24.3 Å². The highest BCUT2D eigenvalue weighted by atomic mass is 32.2. The number of fused-ring (bicyclic) bond motifs is 1. The predicted molar refractivity (Wildman–Crippen MR) is 69.3 cm³/mol. The molecule has 1 atom stereocenters. The van der Waals surface area contributed by atoms with Gasteiger partial charge < -0.3 is 0 Å². The van der Waals surface area contributed by atoms with Gasteiger partial charge in [-0.2, -0.15) is 17.2 Å². The number of rotatable bonds is 2. The van der Waals surface area contributed by atoms with Crippen molar-refractivity contribution in [3.63, 3.8) is 0 Å². The average molecular weight is 237 g/mol. The highest BCUT2D eigenvalue weighted by molar-refractivity contribution is 7.98. The molecular weight excluding hydrogens is 218 g/mol. The largest absolute Gasteiger partial charge is 0.295 e. The minimum atomic E-state index is -0.142. The molecule has 3 heteroatoms. The first-order valence-electron chi connectivity index (χ1n) is 5.65. The van der Waals surface area contributed by atoms with Crippen LogP contribution in [0.2, 0.25) is 0 Å². The van der Waals surface area contributed by atoms with Crippen LogP contribution in [0.3, 0.4) is 0 Å². The van der Waals surface area contributed by atoms with Gasteiger partial charge in [-0.1, -0.05) is 24.3 Å². The highest BCUT2D eigenvalue weighted by Gasteiger charge is 2.22. The Bertz CT molecular complexity index is 359. The Labute approximate surface area is 102 Å². The van der Waals surface area contributed by atoms with Crippen molar-refractivity contribution >= 4 is 11.8 Å². The van der Waals surface area contributed by atoms with Crippen LogP contribution in [0, 0.1) is 0 Å². The average Bonchev–Trinajstić information content (AvgIpc) is 2.25. The normalized spacial score (nSPS) is 20.6. The monoisotopic (exact) mass is 237 g/mol. The van der Waals surface area contributed by atoms with Crippen molar-refractivity contribution in [3.8, 4) is 0 Å². The summed E-state index contributed by atoms with van der Waals surface area (Å²) in [7, 11) is 0. The summed E-state index contributed by atoms with van der Waals surface area (Å²) in [5, 5.41) is 0. The molecule has 1 heterocycles. The molecular formula is C13H19NOS. The molecule has 1 unspecified atom stereocenters. The van der Waals surface area contributed by atoms with Crippen molar-refractivity contribution in [1.82, 2.24) is 5.48 Å². The second-order valence-electron chi connectivity index (χ2n) is 5.10. The van der Waals surface area contributed by atoms with E-state index in [4.69, 9.17) is 4.84 Å². The Morgan fingerprint density at radius 2 is 2.06 bits per heavy atom. The molecule has 0 aromatic heterocycles. The van der Waals surface area contributed by atoms with E-state index in [0.717, 1.165) is 11.5 Å². The minimum absolute atomic E-state index is 0.142. The molecule has 0 fully saturated rings. The summed E-state index contributed by atoms with van der Waals surface area (Å²) in [5.74, 6) is 2.19. The SMILES string of the molecule is CC(C)(C)ONC1CSCc2ccccc21. The fourth-order valence-electron chi connectivity index (χ4n) is 1.73. The molecule has 1 N–H and O–H groups in total. The molecule has 1 aromatic rings. The molecule has 1 aromatic carbocycles. The van der Waals surface area contributed by atoms with Gasteiger partial charge in [0.1, 0.15) is 0 Å². The Kier molecular flexibility index (Phi) is 3.57. The van der Waals surface area contributed by atoms with Crippen LogP contribution in [0.4, 0.5) is 0 Å². The second-order valence-corrected chi connectivity index (χ2v) is 6.13. The Morgan fingerprint density at radius 3 is 2.81 bits per heavy atom. The fourth-order valence-corrected chi connectivity index (χ4v) is 2.81. The van der Waals surface area contributed by atoms with E-state index in [-0.39, 0.29) is 5.60 Å². The summed E-state index contributed by atoms with van der Waals surface area (Å²) in [6.45, 7) is 6.17. The number of hydrogen-bond donors (Lipinski definition) is 1. The Hall–Kier alpha value is -0.510. The summed E-state index contributed by atoms with van der Waals surface area (Å²) in [6.07, 6.45) is 0. The summed E-state index contributed by atoms with van der Waals surface area (Å²) >= 11 is 1.95. The smallest absolute Gasteiger partial charge is 0.0813 e. The van der Waals surface area contributed by atoms with Crippen LogP contribution in [-0.2, 0) is 10.6 Å². The summed E-state index contributed by atoms with van der Waals surface area (Å²) in [6, 6.07) is 8.91. The van der Waals surface area contributed by atoms with Crippen molar-refractivity contribution in [2.75, 3.05) is 5.75 Å². The molecule has 2 rings (SSSR count). The maximum absolute atomic E-state index is 5.66. The predicted octanol–water partition coefficient (Wildman–Crippen LogP) is 3.29. The van der Waals surface area contributed by atoms with Crippen molar-refractivity contribution in [3.05, 3.63) is 35.4 Å². The van der Waals surface area contributed by atoms with Gasteiger partial charge in [-0.3, -0.25) is 4.84 Å². The van der Waals surface area contributed by atoms with E-state index in [0.29, 0.717) is 6.04 Å². The van der Waals surface area contributed by atoms with Gasteiger partial charge in [-0.15, -0.1) is 0 Å². The lowest BCUT2D eigenvalue weighted by Crippen LogP contribution is -2.34. The first-order valence-corrected chi connectivity index (χ1v) is 6.81. The first-order chi connectivity index (χ1) is 7.56. The van der Waals surface area contributed by atoms with Crippen molar-refractivity contribution in [2.45, 2.75) is 38.2 Å². The van der Waals surface area contributed by atoms with Gasteiger partial charge in [0.05, 0.1) is 11.6 Å². The van der Waals surface area contributed by atoms with Crippen LogP contribution >= 0.6 is 11.8 Å². The first kappa shape index (κ1) is 12.0. The van der Waals surface area contributed by atoms with Crippen LogP contribution in [-0.4, -0.2) is 11.4 Å². The van der Waals surface area contributed by atoms with E-state index in [1.165, 1.54) is 11.1 Å². The van der Waals surface area contributed by atoms with Gasteiger partial charge in [0.15, 0.2) is 0 Å². The minimum Gasteiger partial charge on any atom is -0.295 e. The van der Waals surface area contributed by atoms with Gasteiger partial charge in [0.25, 0.3) is 0 Å². The number of hydrogen-bond acceptors (Lipinski definition) is 3. The molecule has 0 saturated heterocycles. The van der Waals surface area contributed by atoms with Crippen LogP contribution < -0.4 is 5.48 Å². The molecule has 1 aliphatic rings. The zero-order chi connectivity index (χ0) is 11.6. The maximum atomic E-state index is 5.66. The lowest BCUT2D eigenvalue weighted by molar-refractivity contribution is -0.0861. The molecule has 0 bridgehead atoms. The van der Waals surface area contributed by atoms with E-state index in [9.17, 15) is 0 Å². The standard InChI is InChI=1S/C13H19NOS/c1-13(2,3)15-14-12-9-16-8-10-6-4-5-7-11(10)12/h4-7,12,14H,8-9H2,1-3H3. The lowest BCUT2D eigenvalue weighted by Gasteiger charge is -2.29. The lowest BCUT2D eigenvalue weighted by atomic mass is 10.0. The van der Waals surface area contributed by atoms with Gasteiger partial charge in [0.2, 0.25) is 0 Å². The topological polar surface area (TPSA) is 21.3 Å². The molecule has 0 aliphatic carbocycles. The highest BCUT2D eigenvalue weighted by Crippen LogP contribution is 2.31. The maximum Gasteiger partial charge on any atom is 0.0813 e. The van der Waals surface area contributed by atoms with Crippen LogP contribution in [0.5, 0.6) is 0 Å². The van der Waals surface area contributed by atoms with Crippen molar-refractivity contribution in [1.29, 1.82) is 0 Å². The number of hydroxylamine groups is 1. The number of benzene rings is 1. The van der Waals surface area contributed by atoms with Gasteiger partial charge in [-0.05, 0) is 31.9 Å². The van der Waals surface area contributed by atoms with E-state index < -0.39 is 0 Å². The molecule has 0 saturated carbocycles. The second kappa shape index (κ2) is 4.78. The van der Waals surface area contributed by atoms with Crippen molar-refractivity contribution in [2.24, 2.45) is 0 Å². The molecule has 16 heavy (non-hydrogen) atoms. The molecule has 0 amide bonds. The molecule has 88 valence electrons. The van der Waals surface area contributed by atoms with Crippen LogP contribution in [0.25, 0.3) is 0 Å². The van der Waals surface area contributed by atoms with E-state index in [1.54, 1.807) is 0 Å². The molecule has 2 nitrogen and oxygen atoms in total. The number of thioether (sulfide) groups is 1. The fraction of sp³-hybridized carbons (Fsp3) is 0.538. The Balaban J connectivity index is 2.07. The molecule has 0 spiro atoms. The van der Waals surface area contributed by atoms with E-state index >= 15 is 0 Å². The van der Waals surface area contributed by atoms with E-state index in [2.05, 4.69) is 50.5 Å². The zero-order valence-corrected chi connectivity index (χ0v) is 10.9. The zero-order valence-electron chi connectivity index (χ0n) is 10.1. The molecule has 0 radical (unpaired) electrons. The quantitative estimate of drug-likeness (QED) is 0.797. The third-order valence-corrected chi connectivity index (χ3v) is 3.56. The van der Waals surface area contributed by atoms with Gasteiger partial charge in [-0.25, -0.2) is 0 Å². The van der Waals surface area contributed by atoms with Crippen molar-refractivity contribution < 1.29 is 4.84 Å². The van der Waals surface area contributed by atoms with E-state index in [1.807, 2.05) is 11.8 Å². The number of nitrogens with one attached hydrogen (secondary N) is 1. The summed E-state index contributed by atoms with van der Waals surface area (Å²) in [5.41, 5.74) is 5.86. The molecule has 1 aliphatic heterocycles. The summed E-state index contributed by atoms with van der Waals surface area (Å²) < 4.78 is 0.